The summed E-state index contributed by atoms with van der Waals surface area (Å²) in [5, 5.41) is 12.4. The number of hydrogen-bond acceptors (Lipinski definition) is 5. The van der Waals surface area contributed by atoms with E-state index in [0.717, 1.165) is 18.4 Å². The predicted molar refractivity (Wildman–Crippen MR) is 90.2 cm³/mol. The molecule has 122 valence electrons. The molecule has 2 aromatic rings. The van der Waals surface area contributed by atoms with Gasteiger partial charge in [0.1, 0.15) is 0 Å². The molecule has 0 aliphatic heterocycles. The number of halogens is 2. The standard InChI is InChI=1S/C15H15Cl2N3O2S/c16-11-4-3-9(12(17)7-11)5-6-18-13(21)8-23-15-20-19-14(22-15)10-1-2-10/h3-4,7,10H,1-2,5-6,8H2,(H,18,21). The van der Waals surface area contributed by atoms with Crippen LogP contribution in [0.25, 0.3) is 0 Å². The van der Waals surface area contributed by atoms with Crippen molar-refractivity contribution < 1.29 is 9.21 Å². The number of nitrogens with one attached hydrogen (secondary N) is 1. The SMILES string of the molecule is O=C(CSc1nnc(C2CC2)o1)NCCc1ccc(Cl)cc1Cl. The van der Waals surface area contributed by atoms with Crippen LogP contribution in [0.3, 0.4) is 0 Å². The van der Waals surface area contributed by atoms with Gasteiger partial charge in [-0.3, -0.25) is 4.79 Å². The summed E-state index contributed by atoms with van der Waals surface area (Å²) in [6.07, 6.45) is 2.87. The van der Waals surface area contributed by atoms with Gasteiger partial charge in [-0.15, -0.1) is 10.2 Å². The fraction of sp³-hybridized carbons (Fsp3) is 0.400. The van der Waals surface area contributed by atoms with E-state index >= 15 is 0 Å². The van der Waals surface area contributed by atoms with Crippen LogP contribution in [0.4, 0.5) is 0 Å². The number of amides is 1. The fourth-order valence-corrected chi connectivity index (χ4v) is 3.12. The zero-order valence-electron chi connectivity index (χ0n) is 12.2. The summed E-state index contributed by atoms with van der Waals surface area (Å²) in [4.78, 5) is 11.8. The minimum atomic E-state index is -0.0775. The number of benzene rings is 1. The Balaban J connectivity index is 1.38. The molecule has 1 saturated carbocycles. The van der Waals surface area contributed by atoms with Gasteiger partial charge in [0, 0.05) is 22.5 Å². The smallest absolute Gasteiger partial charge is 0.277 e. The van der Waals surface area contributed by atoms with E-state index < -0.39 is 0 Å². The molecule has 0 radical (unpaired) electrons. The van der Waals surface area contributed by atoms with Gasteiger partial charge in [-0.1, -0.05) is 41.0 Å². The third-order valence-corrected chi connectivity index (χ3v) is 4.81. The maximum absolute atomic E-state index is 11.8. The molecule has 0 unspecified atom stereocenters. The molecule has 0 atom stereocenters. The van der Waals surface area contributed by atoms with Crippen molar-refractivity contribution in [3.05, 3.63) is 39.7 Å². The van der Waals surface area contributed by atoms with E-state index in [4.69, 9.17) is 27.6 Å². The van der Waals surface area contributed by atoms with Crippen LogP contribution in [0.1, 0.15) is 30.2 Å². The van der Waals surface area contributed by atoms with E-state index in [9.17, 15) is 4.79 Å². The summed E-state index contributed by atoms with van der Waals surface area (Å²) in [6, 6.07) is 5.35. The van der Waals surface area contributed by atoms with Crippen LogP contribution < -0.4 is 5.32 Å². The lowest BCUT2D eigenvalue weighted by Gasteiger charge is -2.06. The average molecular weight is 372 g/mol. The monoisotopic (exact) mass is 371 g/mol. The minimum absolute atomic E-state index is 0.0775. The van der Waals surface area contributed by atoms with Crippen LogP contribution in [-0.4, -0.2) is 28.4 Å². The Hall–Kier alpha value is -1.24. The van der Waals surface area contributed by atoms with Gasteiger partial charge in [-0.05, 0) is 37.0 Å². The largest absolute Gasteiger partial charge is 0.416 e. The Bertz CT molecular complexity index is 704. The van der Waals surface area contributed by atoms with Crippen molar-refractivity contribution >= 4 is 40.9 Å². The molecule has 5 nitrogen and oxygen atoms in total. The van der Waals surface area contributed by atoms with E-state index in [1.54, 1.807) is 12.1 Å². The Kier molecular flexibility index (Phi) is 5.46. The van der Waals surface area contributed by atoms with Crippen LogP contribution in [-0.2, 0) is 11.2 Å². The molecule has 1 aromatic carbocycles. The van der Waals surface area contributed by atoms with Gasteiger partial charge in [-0.25, -0.2) is 0 Å². The lowest BCUT2D eigenvalue weighted by molar-refractivity contribution is -0.118. The van der Waals surface area contributed by atoms with Crippen molar-refractivity contribution in [1.82, 2.24) is 15.5 Å². The maximum Gasteiger partial charge on any atom is 0.277 e. The first-order chi connectivity index (χ1) is 11.1. The topological polar surface area (TPSA) is 68.0 Å². The van der Waals surface area contributed by atoms with Gasteiger partial charge in [0.25, 0.3) is 5.22 Å². The van der Waals surface area contributed by atoms with Crippen molar-refractivity contribution in [3.63, 3.8) is 0 Å². The number of hydrogen-bond donors (Lipinski definition) is 1. The molecule has 3 rings (SSSR count). The van der Waals surface area contributed by atoms with Crippen molar-refractivity contribution in [2.24, 2.45) is 0 Å². The summed E-state index contributed by atoms with van der Waals surface area (Å²) in [6.45, 7) is 0.512. The molecule has 1 N–H and O–H groups in total. The van der Waals surface area contributed by atoms with Gasteiger partial charge in [-0.2, -0.15) is 0 Å². The first-order valence-corrected chi connectivity index (χ1v) is 9.03. The second-order valence-corrected chi connectivity index (χ2v) is 7.08. The molecule has 1 aliphatic carbocycles. The van der Waals surface area contributed by atoms with Crippen LogP contribution >= 0.6 is 35.0 Å². The number of aromatic nitrogens is 2. The number of nitrogens with zero attached hydrogens (tertiary/aromatic N) is 2. The Morgan fingerprint density at radius 1 is 1.35 bits per heavy atom. The molecule has 1 heterocycles. The Labute approximate surface area is 148 Å². The summed E-state index contributed by atoms with van der Waals surface area (Å²) in [5.74, 6) is 1.28. The third kappa shape index (κ3) is 4.86. The van der Waals surface area contributed by atoms with Gasteiger partial charge >= 0.3 is 0 Å². The highest BCUT2D eigenvalue weighted by atomic mass is 35.5. The fourth-order valence-electron chi connectivity index (χ4n) is 2.01. The lowest BCUT2D eigenvalue weighted by atomic mass is 10.1. The number of rotatable bonds is 7. The van der Waals surface area contributed by atoms with Crippen LogP contribution in [0.2, 0.25) is 10.0 Å². The molecule has 0 saturated heterocycles. The number of carbonyl (C=O) groups excluding carboxylic acids is 1. The third-order valence-electron chi connectivity index (χ3n) is 3.41. The molecular weight excluding hydrogens is 357 g/mol. The maximum atomic E-state index is 11.8. The van der Waals surface area contributed by atoms with E-state index in [1.165, 1.54) is 11.8 Å². The molecule has 8 heteroatoms. The van der Waals surface area contributed by atoms with E-state index in [1.807, 2.05) is 6.07 Å². The Morgan fingerprint density at radius 2 is 2.17 bits per heavy atom. The van der Waals surface area contributed by atoms with Gasteiger partial charge in [0.15, 0.2) is 0 Å². The molecule has 1 amide bonds. The minimum Gasteiger partial charge on any atom is -0.416 e. The van der Waals surface area contributed by atoms with Crippen molar-refractivity contribution in [1.29, 1.82) is 0 Å². The molecule has 1 aromatic heterocycles. The average Bonchev–Trinajstić information content (AvgIpc) is 3.26. The second-order valence-electron chi connectivity index (χ2n) is 5.30. The highest BCUT2D eigenvalue weighted by Gasteiger charge is 2.29. The zero-order chi connectivity index (χ0) is 16.2. The molecule has 1 fully saturated rings. The van der Waals surface area contributed by atoms with Crippen LogP contribution in [0, 0.1) is 0 Å². The zero-order valence-corrected chi connectivity index (χ0v) is 14.5. The van der Waals surface area contributed by atoms with Gasteiger partial charge < -0.3 is 9.73 Å². The second kappa shape index (κ2) is 7.55. The van der Waals surface area contributed by atoms with Crippen molar-refractivity contribution in [2.75, 3.05) is 12.3 Å². The van der Waals surface area contributed by atoms with Crippen molar-refractivity contribution in [3.8, 4) is 0 Å². The molecule has 0 bridgehead atoms. The number of carbonyl (C=O) groups is 1. The van der Waals surface area contributed by atoms with E-state index in [0.29, 0.717) is 40.0 Å². The van der Waals surface area contributed by atoms with E-state index in [2.05, 4.69) is 15.5 Å². The van der Waals surface area contributed by atoms with Gasteiger partial charge in [0.2, 0.25) is 11.8 Å². The van der Waals surface area contributed by atoms with Crippen LogP contribution in [0.5, 0.6) is 0 Å². The molecular formula is C15H15Cl2N3O2S. The van der Waals surface area contributed by atoms with Crippen molar-refractivity contribution in [2.45, 2.75) is 30.4 Å². The highest BCUT2D eigenvalue weighted by Crippen LogP contribution is 2.39. The summed E-state index contributed by atoms with van der Waals surface area (Å²) in [5.41, 5.74) is 0.954. The highest BCUT2D eigenvalue weighted by molar-refractivity contribution is 7.99. The van der Waals surface area contributed by atoms with E-state index in [-0.39, 0.29) is 11.7 Å². The normalized spacial score (nSPS) is 14.0. The first kappa shape index (κ1) is 16.6. The first-order valence-electron chi connectivity index (χ1n) is 7.28. The summed E-state index contributed by atoms with van der Waals surface area (Å²) >= 11 is 13.2. The number of thioether (sulfide) groups is 1. The quantitative estimate of drug-likeness (QED) is 0.751. The van der Waals surface area contributed by atoms with Gasteiger partial charge in [0.05, 0.1) is 5.75 Å². The summed E-state index contributed by atoms with van der Waals surface area (Å²) in [7, 11) is 0. The molecule has 0 spiro atoms. The molecule has 1 aliphatic rings. The summed E-state index contributed by atoms with van der Waals surface area (Å²) < 4.78 is 5.49. The molecule has 23 heavy (non-hydrogen) atoms. The van der Waals surface area contributed by atoms with Crippen LogP contribution in [0.15, 0.2) is 27.8 Å². The predicted octanol–water partition coefficient (Wildman–Crippen LogP) is 3.70. The Morgan fingerprint density at radius 3 is 2.91 bits per heavy atom. The lowest BCUT2D eigenvalue weighted by Crippen LogP contribution is -2.27.